The van der Waals surface area contributed by atoms with Gasteiger partial charge in [-0.3, -0.25) is 4.79 Å². The van der Waals surface area contributed by atoms with Crippen LogP contribution in [0.2, 0.25) is 0 Å². The summed E-state index contributed by atoms with van der Waals surface area (Å²) in [5.74, 6) is 0.610. The van der Waals surface area contributed by atoms with Gasteiger partial charge in [-0.05, 0) is 69.3 Å². The highest BCUT2D eigenvalue weighted by Crippen LogP contribution is 2.28. The summed E-state index contributed by atoms with van der Waals surface area (Å²) in [5.41, 5.74) is 0.768. The lowest BCUT2D eigenvalue weighted by Crippen LogP contribution is -2.28. The summed E-state index contributed by atoms with van der Waals surface area (Å²) >= 11 is 0. The van der Waals surface area contributed by atoms with Crippen LogP contribution in [0.3, 0.4) is 0 Å². The average molecular weight is 824 g/mol. The molecule has 338 valence electrons. The highest BCUT2D eigenvalue weighted by atomic mass is 16.6. The Labute approximate surface area is 344 Å². The smallest absolute Gasteiger partial charge is 0.220 e. The van der Waals surface area contributed by atoms with Gasteiger partial charge in [-0.1, -0.05) is 19.9 Å². The van der Waals surface area contributed by atoms with Crippen LogP contribution in [-0.2, 0) is 57.0 Å². The van der Waals surface area contributed by atoms with E-state index in [1.807, 2.05) is 13.0 Å². The fraction of sp³-hybridized carbons (Fsp3) is 0.905. The van der Waals surface area contributed by atoms with Crippen LogP contribution in [0, 0.1) is 17.8 Å². The minimum Gasteiger partial charge on any atom is -0.396 e. The van der Waals surface area contributed by atoms with Crippen LogP contribution < -0.4 is 5.32 Å². The zero-order chi connectivity index (χ0) is 42.0. The number of hydrogen-bond donors (Lipinski definition) is 3. The molecule has 3 unspecified atom stereocenters. The van der Waals surface area contributed by atoms with Crippen LogP contribution in [0.1, 0.15) is 78.6 Å². The Kier molecular flexibility index (Phi) is 41.3. The number of aliphatic hydroxyl groups excluding tert-OH is 2. The molecule has 0 radical (unpaired) electrons. The predicted molar refractivity (Wildman–Crippen MR) is 219 cm³/mol. The Hall–Kier alpha value is -1.60. The van der Waals surface area contributed by atoms with Crippen LogP contribution in [-0.4, -0.2) is 174 Å². The molecule has 0 aliphatic heterocycles. The van der Waals surface area contributed by atoms with Gasteiger partial charge in [-0.2, -0.15) is 0 Å². The molecule has 1 amide bonds. The van der Waals surface area contributed by atoms with Crippen molar-refractivity contribution >= 4 is 12.2 Å². The third kappa shape index (κ3) is 36.0. The highest BCUT2D eigenvalue weighted by Gasteiger charge is 2.23. The lowest BCUT2D eigenvalue weighted by Gasteiger charge is -2.28. The van der Waals surface area contributed by atoms with E-state index in [4.69, 9.17) is 47.4 Å². The van der Waals surface area contributed by atoms with Crippen molar-refractivity contribution in [2.24, 2.45) is 17.8 Å². The van der Waals surface area contributed by atoms with E-state index < -0.39 is 6.10 Å². The van der Waals surface area contributed by atoms with E-state index >= 15 is 0 Å². The van der Waals surface area contributed by atoms with E-state index in [1.54, 1.807) is 14.2 Å². The summed E-state index contributed by atoms with van der Waals surface area (Å²) in [6.07, 6.45) is 8.24. The normalized spacial score (nSPS) is 14.7. The highest BCUT2D eigenvalue weighted by molar-refractivity contribution is 5.75. The predicted octanol–water partition coefficient (Wildman–Crippen LogP) is 3.79. The Morgan fingerprint density at radius 1 is 0.702 bits per heavy atom. The number of ether oxygens (including phenoxy) is 10. The van der Waals surface area contributed by atoms with E-state index in [0.29, 0.717) is 125 Å². The fourth-order valence-electron chi connectivity index (χ4n) is 6.11. The van der Waals surface area contributed by atoms with Gasteiger partial charge < -0.3 is 67.7 Å². The largest absolute Gasteiger partial charge is 0.396 e. The van der Waals surface area contributed by atoms with Gasteiger partial charge in [0.2, 0.25) is 5.91 Å². The number of rotatable bonds is 45. The number of nitrogens with one attached hydrogen (secondary N) is 1. The Bertz CT molecular complexity index is 914. The molecule has 5 atom stereocenters. The quantitative estimate of drug-likeness (QED) is 0.0459. The standard InChI is InChI=1S/C42H81NO14/c1-6-17-50-19-21-52-23-25-54-27-29-56-31-32-57-30-28-55-26-24-53-22-20-51-18-14-43-42(47)12-10-38(8-7-15-44)34-37(3)41(49-5)11-9-39(35-48-4)33-36(2)40(46)13-16-45/h16,33,37-41,44,46H,6-15,17-32,34-35H2,1-5H3,(H,43,47)/b36-33+/t37-,38?,39+,40?,41?/m1/s1. The Morgan fingerprint density at radius 2 is 1.19 bits per heavy atom. The monoisotopic (exact) mass is 824 g/mol. The molecule has 0 aliphatic carbocycles. The molecule has 0 fully saturated rings. The second-order valence-electron chi connectivity index (χ2n) is 14.1. The Balaban J connectivity index is 3.95. The van der Waals surface area contributed by atoms with Crippen LogP contribution in [0.4, 0.5) is 0 Å². The molecule has 15 heteroatoms. The van der Waals surface area contributed by atoms with Gasteiger partial charge in [-0.25, -0.2) is 0 Å². The van der Waals surface area contributed by atoms with Gasteiger partial charge in [0, 0.05) is 52.7 Å². The number of methoxy groups -OCH3 is 2. The molecule has 0 saturated carbocycles. The van der Waals surface area contributed by atoms with Crippen LogP contribution >= 0.6 is 0 Å². The number of aldehydes is 1. The van der Waals surface area contributed by atoms with E-state index in [2.05, 4.69) is 19.2 Å². The first-order valence-electron chi connectivity index (χ1n) is 21.1. The molecule has 0 aromatic carbocycles. The molecule has 0 bridgehead atoms. The number of amides is 1. The maximum Gasteiger partial charge on any atom is 0.220 e. The summed E-state index contributed by atoms with van der Waals surface area (Å²) in [5, 5.41) is 22.6. The number of carbonyl (C=O) groups excluding carboxylic acids is 2. The summed E-state index contributed by atoms with van der Waals surface area (Å²) in [6, 6.07) is 0. The zero-order valence-corrected chi connectivity index (χ0v) is 36.1. The minimum atomic E-state index is -0.779. The van der Waals surface area contributed by atoms with Gasteiger partial charge in [0.15, 0.2) is 0 Å². The van der Waals surface area contributed by atoms with Gasteiger partial charge in [0.1, 0.15) is 6.29 Å². The second-order valence-corrected chi connectivity index (χ2v) is 14.1. The first-order valence-corrected chi connectivity index (χ1v) is 21.1. The van der Waals surface area contributed by atoms with Crippen LogP contribution in [0.25, 0.3) is 0 Å². The molecular weight excluding hydrogens is 742 g/mol. The van der Waals surface area contributed by atoms with E-state index in [9.17, 15) is 19.8 Å². The third-order valence-electron chi connectivity index (χ3n) is 9.26. The van der Waals surface area contributed by atoms with Crippen molar-refractivity contribution in [3.8, 4) is 0 Å². The first-order chi connectivity index (χ1) is 27.8. The summed E-state index contributed by atoms with van der Waals surface area (Å²) < 4.78 is 55.1. The number of carbonyl (C=O) groups is 2. The minimum absolute atomic E-state index is 0.0126. The molecule has 0 aliphatic rings. The van der Waals surface area contributed by atoms with E-state index in [-0.39, 0.29) is 42.8 Å². The van der Waals surface area contributed by atoms with Crippen molar-refractivity contribution in [1.29, 1.82) is 0 Å². The lowest BCUT2D eigenvalue weighted by molar-refractivity contribution is -0.121. The SMILES string of the molecule is CCCOCCOCCOCCOCCOCCOCCOCCOCCNC(=O)CCC(CCCO)C[C@@H](C)C(CC[C@@H](/C=C(\C)C(O)CC=O)COC)OC. The second kappa shape index (κ2) is 42.5. The first kappa shape index (κ1) is 55.4. The molecular formula is C42H81NO14. The van der Waals surface area contributed by atoms with E-state index in [1.165, 1.54) is 0 Å². The summed E-state index contributed by atoms with van der Waals surface area (Å²) in [6.45, 7) is 15.4. The van der Waals surface area contributed by atoms with E-state index in [0.717, 1.165) is 57.0 Å². The van der Waals surface area contributed by atoms with Gasteiger partial charge in [-0.15, -0.1) is 0 Å². The molecule has 0 rings (SSSR count). The topological polar surface area (TPSA) is 179 Å². The van der Waals surface area contributed by atoms with Crippen molar-refractivity contribution in [3.05, 3.63) is 11.6 Å². The molecule has 0 saturated heterocycles. The average Bonchev–Trinajstić information content (AvgIpc) is 3.20. The van der Waals surface area contributed by atoms with Crippen molar-refractivity contribution in [2.45, 2.75) is 90.8 Å². The van der Waals surface area contributed by atoms with Gasteiger partial charge in [0.05, 0.1) is 118 Å². The molecule has 0 spiro atoms. The van der Waals surface area contributed by atoms with Gasteiger partial charge >= 0.3 is 0 Å². The zero-order valence-electron chi connectivity index (χ0n) is 36.1. The molecule has 15 nitrogen and oxygen atoms in total. The van der Waals surface area contributed by atoms with Gasteiger partial charge in [0.25, 0.3) is 0 Å². The molecule has 0 heterocycles. The van der Waals surface area contributed by atoms with Crippen molar-refractivity contribution in [2.75, 3.05) is 140 Å². The maximum atomic E-state index is 12.6. The molecule has 3 N–H and O–H groups in total. The van der Waals surface area contributed by atoms with Crippen molar-refractivity contribution < 1.29 is 67.2 Å². The number of hydrogen-bond acceptors (Lipinski definition) is 14. The number of aliphatic hydroxyl groups is 2. The summed E-state index contributed by atoms with van der Waals surface area (Å²) in [4.78, 5) is 23.4. The van der Waals surface area contributed by atoms with Crippen LogP contribution in [0.15, 0.2) is 11.6 Å². The lowest BCUT2D eigenvalue weighted by atomic mass is 9.84. The van der Waals surface area contributed by atoms with Crippen molar-refractivity contribution in [1.82, 2.24) is 5.32 Å². The molecule has 0 aromatic rings. The molecule has 0 aromatic heterocycles. The van der Waals surface area contributed by atoms with Crippen LogP contribution in [0.5, 0.6) is 0 Å². The third-order valence-corrected chi connectivity index (χ3v) is 9.26. The molecule has 57 heavy (non-hydrogen) atoms. The maximum absolute atomic E-state index is 12.6. The van der Waals surface area contributed by atoms with Crippen molar-refractivity contribution in [3.63, 3.8) is 0 Å². The Morgan fingerprint density at radius 3 is 1.63 bits per heavy atom. The summed E-state index contributed by atoms with van der Waals surface area (Å²) in [7, 11) is 3.38. The fourth-order valence-corrected chi connectivity index (χ4v) is 6.11.